The third-order valence-corrected chi connectivity index (χ3v) is 4.53. The van der Waals surface area contributed by atoms with E-state index in [1.54, 1.807) is 41.6 Å². The highest BCUT2D eigenvalue weighted by Crippen LogP contribution is 2.33. The number of aromatic nitrogens is 1. The number of pyridine rings is 1. The van der Waals surface area contributed by atoms with Crippen molar-refractivity contribution < 1.29 is 9.90 Å². The van der Waals surface area contributed by atoms with Crippen LogP contribution in [0.3, 0.4) is 0 Å². The van der Waals surface area contributed by atoms with E-state index in [1.807, 2.05) is 12.1 Å². The Morgan fingerprint density at radius 1 is 1.23 bits per heavy atom. The number of hydrogen-bond donors (Lipinski definition) is 1. The number of likely N-dealkylation sites (tertiary alicyclic amines) is 1. The number of aliphatic hydroxyl groups excluding tert-OH is 1. The van der Waals surface area contributed by atoms with Crippen molar-refractivity contribution in [2.45, 2.75) is 5.92 Å². The van der Waals surface area contributed by atoms with Gasteiger partial charge in [0.2, 0.25) is 0 Å². The Balaban J connectivity index is 1.83. The van der Waals surface area contributed by atoms with Crippen molar-refractivity contribution in [3.05, 3.63) is 64.9 Å². The monoisotopic (exact) mass is 316 g/mol. The SMILES string of the molecule is O=C(c1ccccc1Cl)N1C[C@@H](CO)[C@H](c2ccncc2)C1. The smallest absolute Gasteiger partial charge is 0.255 e. The number of benzene rings is 1. The van der Waals surface area contributed by atoms with Gasteiger partial charge >= 0.3 is 0 Å². The highest BCUT2D eigenvalue weighted by molar-refractivity contribution is 6.33. The highest BCUT2D eigenvalue weighted by atomic mass is 35.5. The molecule has 2 aromatic rings. The molecule has 1 saturated heterocycles. The number of hydrogen-bond acceptors (Lipinski definition) is 3. The first-order valence-electron chi connectivity index (χ1n) is 7.25. The molecule has 1 N–H and O–H groups in total. The van der Waals surface area contributed by atoms with Gasteiger partial charge in [-0.3, -0.25) is 9.78 Å². The molecule has 114 valence electrons. The molecule has 22 heavy (non-hydrogen) atoms. The third-order valence-electron chi connectivity index (χ3n) is 4.20. The Kier molecular flexibility index (Phi) is 4.41. The fourth-order valence-electron chi connectivity index (χ4n) is 3.02. The number of carbonyl (C=O) groups excluding carboxylic acids is 1. The first-order chi connectivity index (χ1) is 10.7. The van der Waals surface area contributed by atoms with Crippen LogP contribution in [0, 0.1) is 5.92 Å². The number of rotatable bonds is 3. The molecule has 3 rings (SSSR count). The van der Waals surface area contributed by atoms with Crippen LogP contribution in [0.5, 0.6) is 0 Å². The zero-order valence-electron chi connectivity index (χ0n) is 12.0. The van der Waals surface area contributed by atoms with Crippen molar-refractivity contribution in [2.75, 3.05) is 19.7 Å². The van der Waals surface area contributed by atoms with Gasteiger partial charge in [-0.1, -0.05) is 23.7 Å². The van der Waals surface area contributed by atoms with Gasteiger partial charge in [-0.2, -0.15) is 0 Å². The van der Waals surface area contributed by atoms with Crippen molar-refractivity contribution in [3.63, 3.8) is 0 Å². The van der Waals surface area contributed by atoms with Crippen molar-refractivity contribution >= 4 is 17.5 Å². The second kappa shape index (κ2) is 6.46. The summed E-state index contributed by atoms with van der Waals surface area (Å²) in [4.78, 5) is 18.4. The Labute approximate surface area is 134 Å². The van der Waals surface area contributed by atoms with Gasteiger partial charge in [-0.05, 0) is 29.8 Å². The summed E-state index contributed by atoms with van der Waals surface area (Å²) in [6.45, 7) is 1.17. The van der Waals surface area contributed by atoms with Gasteiger partial charge in [0.15, 0.2) is 0 Å². The van der Waals surface area contributed by atoms with Gasteiger partial charge in [0.25, 0.3) is 5.91 Å². The van der Waals surface area contributed by atoms with Crippen molar-refractivity contribution in [3.8, 4) is 0 Å². The summed E-state index contributed by atoms with van der Waals surface area (Å²) >= 11 is 6.12. The van der Waals surface area contributed by atoms with E-state index in [0.29, 0.717) is 23.7 Å². The summed E-state index contributed by atoms with van der Waals surface area (Å²) in [5.41, 5.74) is 1.61. The molecule has 1 aliphatic heterocycles. The Bertz CT molecular complexity index is 663. The quantitative estimate of drug-likeness (QED) is 0.947. The van der Waals surface area contributed by atoms with Crippen LogP contribution in [0.15, 0.2) is 48.8 Å². The first-order valence-corrected chi connectivity index (χ1v) is 7.63. The van der Waals surface area contributed by atoms with Crippen LogP contribution in [-0.2, 0) is 0 Å². The standard InChI is InChI=1S/C17H17ClN2O2/c18-16-4-2-1-3-14(16)17(22)20-9-13(11-21)15(10-20)12-5-7-19-8-6-12/h1-8,13,15,21H,9-11H2/t13-,15-/m0/s1. The maximum Gasteiger partial charge on any atom is 0.255 e. The van der Waals surface area contributed by atoms with Crippen LogP contribution in [0.1, 0.15) is 21.8 Å². The Morgan fingerprint density at radius 2 is 1.95 bits per heavy atom. The van der Waals surface area contributed by atoms with Gasteiger partial charge in [-0.25, -0.2) is 0 Å². The van der Waals surface area contributed by atoms with Gasteiger partial charge < -0.3 is 10.0 Å². The predicted octanol–water partition coefficient (Wildman–Crippen LogP) is 2.58. The lowest BCUT2D eigenvalue weighted by molar-refractivity contribution is 0.0781. The fraction of sp³-hybridized carbons (Fsp3) is 0.294. The average molecular weight is 317 g/mol. The number of nitrogens with zero attached hydrogens (tertiary/aromatic N) is 2. The Hall–Kier alpha value is -1.91. The third kappa shape index (κ3) is 2.85. The predicted molar refractivity (Wildman–Crippen MR) is 84.9 cm³/mol. The molecule has 0 spiro atoms. The molecule has 0 aliphatic carbocycles. The van der Waals surface area contributed by atoms with E-state index in [0.717, 1.165) is 5.56 Å². The largest absolute Gasteiger partial charge is 0.396 e. The first kappa shape index (κ1) is 15.0. The minimum atomic E-state index is -0.0828. The average Bonchev–Trinajstić information content (AvgIpc) is 3.00. The molecule has 1 amide bonds. The number of carbonyl (C=O) groups is 1. The van der Waals surface area contributed by atoms with Crippen LogP contribution >= 0.6 is 11.6 Å². The van der Waals surface area contributed by atoms with Crippen LogP contribution in [0.25, 0.3) is 0 Å². The molecule has 2 heterocycles. The molecule has 5 heteroatoms. The number of halogens is 1. The summed E-state index contributed by atoms with van der Waals surface area (Å²) in [5.74, 6) is 0.0777. The molecule has 1 aliphatic rings. The zero-order chi connectivity index (χ0) is 15.5. The van der Waals surface area contributed by atoms with E-state index in [-0.39, 0.29) is 24.3 Å². The van der Waals surface area contributed by atoms with Gasteiger partial charge in [0.1, 0.15) is 0 Å². The van der Waals surface area contributed by atoms with E-state index < -0.39 is 0 Å². The van der Waals surface area contributed by atoms with Crippen molar-refractivity contribution in [1.29, 1.82) is 0 Å². The Morgan fingerprint density at radius 3 is 2.64 bits per heavy atom. The van der Waals surface area contributed by atoms with Crippen molar-refractivity contribution in [1.82, 2.24) is 9.88 Å². The summed E-state index contributed by atoms with van der Waals surface area (Å²) in [6.07, 6.45) is 3.48. The molecule has 2 atom stereocenters. The molecule has 1 aromatic carbocycles. The molecule has 4 nitrogen and oxygen atoms in total. The second-order valence-electron chi connectivity index (χ2n) is 5.52. The summed E-state index contributed by atoms with van der Waals surface area (Å²) in [5, 5.41) is 10.1. The number of aliphatic hydroxyl groups is 1. The summed E-state index contributed by atoms with van der Waals surface area (Å²) in [6, 6.07) is 10.9. The zero-order valence-corrected chi connectivity index (χ0v) is 12.8. The van der Waals surface area contributed by atoms with Gasteiger partial charge in [-0.15, -0.1) is 0 Å². The van der Waals surface area contributed by atoms with Crippen LogP contribution < -0.4 is 0 Å². The normalized spacial score (nSPS) is 21.1. The summed E-state index contributed by atoms with van der Waals surface area (Å²) < 4.78 is 0. The van der Waals surface area contributed by atoms with E-state index in [2.05, 4.69) is 4.98 Å². The maximum atomic E-state index is 12.7. The molecule has 0 saturated carbocycles. The minimum Gasteiger partial charge on any atom is -0.396 e. The fourth-order valence-corrected chi connectivity index (χ4v) is 3.23. The van der Waals surface area contributed by atoms with Crippen LogP contribution in [0.2, 0.25) is 5.02 Å². The van der Waals surface area contributed by atoms with E-state index in [9.17, 15) is 9.90 Å². The van der Waals surface area contributed by atoms with E-state index in [1.165, 1.54) is 0 Å². The molecule has 0 unspecified atom stereocenters. The van der Waals surface area contributed by atoms with Crippen LogP contribution in [0.4, 0.5) is 0 Å². The van der Waals surface area contributed by atoms with E-state index in [4.69, 9.17) is 11.6 Å². The van der Waals surface area contributed by atoms with Gasteiger partial charge in [0.05, 0.1) is 10.6 Å². The molecule has 0 bridgehead atoms. The van der Waals surface area contributed by atoms with Crippen LogP contribution in [-0.4, -0.2) is 40.6 Å². The van der Waals surface area contributed by atoms with Crippen molar-refractivity contribution in [2.24, 2.45) is 5.92 Å². The highest BCUT2D eigenvalue weighted by Gasteiger charge is 2.36. The summed E-state index contributed by atoms with van der Waals surface area (Å²) in [7, 11) is 0. The topological polar surface area (TPSA) is 53.4 Å². The van der Waals surface area contributed by atoms with Gasteiger partial charge in [0, 0.05) is 43.9 Å². The molecule has 0 radical (unpaired) electrons. The molecule has 1 fully saturated rings. The lowest BCUT2D eigenvalue weighted by Crippen LogP contribution is -2.29. The minimum absolute atomic E-state index is 0.0360. The molecule has 1 aromatic heterocycles. The lowest BCUT2D eigenvalue weighted by atomic mass is 9.90. The number of amides is 1. The van der Waals surface area contributed by atoms with E-state index >= 15 is 0 Å². The second-order valence-corrected chi connectivity index (χ2v) is 5.93. The molecular weight excluding hydrogens is 300 g/mol. The molecular formula is C17H17ClN2O2. The maximum absolute atomic E-state index is 12.7. The lowest BCUT2D eigenvalue weighted by Gasteiger charge is -2.17.